The molecule has 8 nitrogen and oxygen atoms in total. The molecule has 2 N–H and O–H groups in total. The molecule has 1 heterocycles. The van der Waals surface area contributed by atoms with Gasteiger partial charge in [0.1, 0.15) is 13.2 Å². The first-order valence-electron chi connectivity index (χ1n) is 9.56. The fourth-order valence-electron chi connectivity index (χ4n) is 2.98. The Kier molecular flexibility index (Phi) is 6.73. The smallest absolute Gasteiger partial charge is 0.240 e. The highest BCUT2D eigenvalue weighted by Crippen LogP contribution is 2.32. The largest absolute Gasteiger partial charge is 0.486 e. The van der Waals surface area contributed by atoms with Crippen LogP contribution in [0, 0.1) is 0 Å². The Morgan fingerprint density at radius 2 is 1.70 bits per heavy atom. The summed E-state index contributed by atoms with van der Waals surface area (Å²) < 4.78 is 38.1. The highest BCUT2D eigenvalue weighted by atomic mass is 32.2. The van der Waals surface area contributed by atoms with Crippen LogP contribution in [0.2, 0.25) is 0 Å². The van der Waals surface area contributed by atoms with Gasteiger partial charge < -0.3 is 14.8 Å². The van der Waals surface area contributed by atoms with Gasteiger partial charge in [-0.1, -0.05) is 18.2 Å². The van der Waals surface area contributed by atoms with Gasteiger partial charge in [0.2, 0.25) is 15.9 Å². The maximum absolute atomic E-state index is 12.3. The molecule has 0 aliphatic carbocycles. The number of amides is 1. The standard InChI is InChI=1S/C21H24N2O6S/c1-14(17-5-8-19-20(13-17)29-12-11-28-19)23-21(25)9-10-22-30(26,27)18-6-3-16(4-7-18)15(2)24/h3-8,13-14,22H,9-12H2,1-2H3,(H,23,25)/t14-/m0/s1. The van der Waals surface area contributed by atoms with Crippen molar-refractivity contribution in [1.29, 1.82) is 0 Å². The van der Waals surface area contributed by atoms with Gasteiger partial charge in [-0.05, 0) is 43.7 Å². The summed E-state index contributed by atoms with van der Waals surface area (Å²) in [6, 6.07) is 10.9. The molecule has 2 aromatic carbocycles. The zero-order chi connectivity index (χ0) is 21.7. The summed E-state index contributed by atoms with van der Waals surface area (Å²) in [5.74, 6) is 0.889. The number of carbonyl (C=O) groups excluding carboxylic acids is 2. The Labute approximate surface area is 175 Å². The van der Waals surface area contributed by atoms with E-state index >= 15 is 0 Å². The molecule has 30 heavy (non-hydrogen) atoms. The minimum Gasteiger partial charge on any atom is -0.486 e. The first-order chi connectivity index (χ1) is 14.3. The van der Waals surface area contributed by atoms with Crippen molar-refractivity contribution >= 4 is 21.7 Å². The van der Waals surface area contributed by atoms with Gasteiger partial charge in [0.05, 0.1) is 10.9 Å². The zero-order valence-electron chi connectivity index (χ0n) is 16.8. The molecule has 0 unspecified atom stereocenters. The number of nitrogens with one attached hydrogen (secondary N) is 2. The van der Waals surface area contributed by atoms with Crippen LogP contribution >= 0.6 is 0 Å². The molecule has 0 saturated heterocycles. The van der Waals surface area contributed by atoms with E-state index in [1.165, 1.54) is 31.2 Å². The Morgan fingerprint density at radius 1 is 1.03 bits per heavy atom. The molecule has 0 radical (unpaired) electrons. The van der Waals surface area contributed by atoms with Gasteiger partial charge >= 0.3 is 0 Å². The Morgan fingerprint density at radius 3 is 2.37 bits per heavy atom. The van der Waals surface area contributed by atoms with Crippen LogP contribution < -0.4 is 19.5 Å². The number of benzene rings is 2. The molecule has 0 fully saturated rings. The second kappa shape index (κ2) is 9.27. The van der Waals surface area contributed by atoms with Crippen molar-refractivity contribution in [1.82, 2.24) is 10.0 Å². The maximum atomic E-state index is 12.3. The van der Waals surface area contributed by atoms with Gasteiger partial charge in [0, 0.05) is 18.5 Å². The first kappa shape index (κ1) is 21.8. The summed E-state index contributed by atoms with van der Waals surface area (Å²) in [5.41, 5.74) is 1.29. The predicted molar refractivity (Wildman–Crippen MR) is 110 cm³/mol. The van der Waals surface area contributed by atoms with Crippen LogP contribution in [0.5, 0.6) is 11.5 Å². The minimum absolute atomic E-state index is 0.0142. The number of hydrogen-bond acceptors (Lipinski definition) is 6. The SMILES string of the molecule is CC(=O)c1ccc(S(=O)(=O)NCCC(=O)N[C@@H](C)c2ccc3c(c2)OCCO3)cc1. The molecule has 0 spiro atoms. The van der Waals surface area contributed by atoms with Gasteiger partial charge in [-0.15, -0.1) is 0 Å². The topological polar surface area (TPSA) is 111 Å². The van der Waals surface area contributed by atoms with E-state index in [1.807, 2.05) is 19.1 Å². The molecule has 3 rings (SSSR count). The summed E-state index contributed by atoms with van der Waals surface area (Å²) >= 11 is 0. The van der Waals surface area contributed by atoms with E-state index in [9.17, 15) is 18.0 Å². The number of Topliss-reactive ketones (excluding diaryl/α,β-unsaturated/α-hetero) is 1. The van der Waals surface area contributed by atoms with E-state index in [1.54, 1.807) is 6.07 Å². The number of fused-ring (bicyclic) bond motifs is 1. The van der Waals surface area contributed by atoms with Crippen molar-refractivity contribution in [3.63, 3.8) is 0 Å². The van der Waals surface area contributed by atoms with Crippen molar-refractivity contribution in [2.75, 3.05) is 19.8 Å². The number of carbonyl (C=O) groups is 2. The second-order valence-corrected chi connectivity index (χ2v) is 8.69. The fraction of sp³-hybridized carbons (Fsp3) is 0.333. The molecule has 1 amide bonds. The second-order valence-electron chi connectivity index (χ2n) is 6.92. The zero-order valence-corrected chi connectivity index (χ0v) is 17.6. The maximum Gasteiger partial charge on any atom is 0.240 e. The molecule has 0 aromatic heterocycles. The first-order valence-corrected chi connectivity index (χ1v) is 11.0. The lowest BCUT2D eigenvalue weighted by Crippen LogP contribution is -2.32. The summed E-state index contributed by atoms with van der Waals surface area (Å²) in [5, 5.41) is 2.84. The number of hydrogen-bond donors (Lipinski definition) is 2. The van der Waals surface area contributed by atoms with E-state index in [0.29, 0.717) is 30.3 Å². The quantitative estimate of drug-likeness (QED) is 0.619. The van der Waals surface area contributed by atoms with Crippen LogP contribution in [0.15, 0.2) is 47.4 Å². The van der Waals surface area contributed by atoms with E-state index in [-0.39, 0.29) is 35.6 Å². The minimum atomic E-state index is -3.76. The number of ether oxygens (including phenoxy) is 2. The van der Waals surface area contributed by atoms with Gasteiger partial charge in [-0.2, -0.15) is 0 Å². The lowest BCUT2D eigenvalue weighted by atomic mass is 10.1. The van der Waals surface area contributed by atoms with Gasteiger partial charge in [-0.25, -0.2) is 13.1 Å². The molecule has 1 atom stereocenters. The number of sulfonamides is 1. The molecule has 1 aliphatic heterocycles. The molecule has 160 valence electrons. The van der Waals surface area contributed by atoms with Crippen LogP contribution in [-0.4, -0.2) is 39.9 Å². The Hall–Kier alpha value is -2.91. The van der Waals surface area contributed by atoms with E-state index in [0.717, 1.165) is 5.56 Å². The normalized spacial score (nSPS) is 14.1. The predicted octanol–water partition coefficient (Wildman–Crippen LogP) is 2.21. The molecular weight excluding hydrogens is 408 g/mol. The number of rotatable bonds is 8. The summed E-state index contributed by atoms with van der Waals surface area (Å²) in [6.07, 6.45) is -0.0142. The highest BCUT2D eigenvalue weighted by Gasteiger charge is 2.17. The van der Waals surface area contributed by atoms with Crippen molar-refractivity contribution in [3.8, 4) is 11.5 Å². The van der Waals surface area contributed by atoms with E-state index < -0.39 is 10.0 Å². The van der Waals surface area contributed by atoms with Gasteiger partial charge in [0.25, 0.3) is 0 Å². The van der Waals surface area contributed by atoms with Crippen molar-refractivity contribution in [3.05, 3.63) is 53.6 Å². The van der Waals surface area contributed by atoms with Gasteiger partial charge in [0.15, 0.2) is 17.3 Å². The van der Waals surface area contributed by atoms with Crippen LogP contribution in [-0.2, 0) is 14.8 Å². The third kappa shape index (κ3) is 5.37. The molecule has 0 saturated carbocycles. The van der Waals surface area contributed by atoms with Crippen molar-refractivity contribution in [2.45, 2.75) is 31.2 Å². The lowest BCUT2D eigenvalue weighted by Gasteiger charge is -2.21. The average molecular weight is 432 g/mol. The van der Waals surface area contributed by atoms with Gasteiger partial charge in [-0.3, -0.25) is 9.59 Å². The summed E-state index contributed by atoms with van der Waals surface area (Å²) in [7, 11) is -3.76. The fourth-order valence-corrected chi connectivity index (χ4v) is 4.01. The number of ketones is 1. The highest BCUT2D eigenvalue weighted by molar-refractivity contribution is 7.89. The van der Waals surface area contributed by atoms with Crippen LogP contribution in [0.1, 0.15) is 42.2 Å². The van der Waals surface area contributed by atoms with Crippen molar-refractivity contribution in [2.24, 2.45) is 0 Å². The van der Waals surface area contributed by atoms with Crippen LogP contribution in [0.4, 0.5) is 0 Å². The molecular formula is C21H24N2O6S. The Balaban J connectivity index is 1.51. The Bertz CT molecular complexity index is 1030. The summed E-state index contributed by atoms with van der Waals surface area (Å²) in [4.78, 5) is 23.5. The van der Waals surface area contributed by atoms with Crippen LogP contribution in [0.25, 0.3) is 0 Å². The van der Waals surface area contributed by atoms with E-state index in [2.05, 4.69) is 10.0 Å². The van der Waals surface area contributed by atoms with E-state index in [4.69, 9.17) is 9.47 Å². The van der Waals surface area contributed by atoms with Crippen LogP contribution in [0.3, 0.4) is 0 Å². The molecule has 9 heteroatoms. The van der Waals surface area contributed by atoms with Crippen molar-refractivity contribution < 1.29 is 27.5 Å². The monoisotopic (exact) mass is 432 g/mol. The average Bonchev–Trinajstić information content (AvgIpc) is 2.73. The molecule has 0 bridgehead atoms. The third-order valence-electron chi connectivity index (χ3n) is 4.66. The summed E-state index contributed by atoms with van der Waals surface area (Å²) in [6.45, 7) is 4.19. The lowest BCUT2D eigenvalue weighted by molar-refractivity contribution is -0.121. The molecule has 2 aromatic rings. The molecule has 1 aliphatic rings. The third-order valence-corrected chi connectivity index (χ3v) is 6.14.